The fourth-order valence-corrected chi connectivity index (χ4v) is 4.92. The molecule has 5 rings (SSSR count). The lowest BCUT2D eigenvalue weighted by Crippen LogP contribution is -2.30. The second-order valence-corrected chi connectivity index (χ2v) is 8.37. The van der Waals surface area contributed by atoms with Crippen molar-refractivity contribution in [2.75, 3.05) is 5.73 Å². The molecule has 2 atom stereocenters. The van der Waals surface area contributed by atoms with E-state index in [1.165, 1.54) is 17.5 Å². The topological polar surface area (TPSA) is 99.1 Å². The minimum atomic E-state index is -0.337. The number of nitrogen functional groups attached to an aromatic ring is 1. The van der Waals surface area contributed by atoms with E-state index in [1.54, 1.807) is 6.20 Å². The van der Waals surface area contributed by atoms with E-state index < -0.39 is 0 Å². The normalized spacial score (nSPS) is 23.7. The van der Waals surface area contributed by atoms with Crippen molar-refractivity contribution in [1.29, 1.82) is 0 Å². The first-order valence-corrected chi connectivity index (χ1v) is 10.7. The molecule has 0 spiro atoms. The van der Waals surface area contributed by atoms with Crippen molar-refractivity contribution in [2.45, 2.75) is 57.0 Å². The van der Waals surface area contributed by atoms with Crippen LogP contribution in [0, 0.1) is 5.92 Å². The van der Waals surface area contributed by atoms with Crippen LogP contribution >= 0.6 is 0 Å². The number of rotatable bonds is 6. The SMILES string of the molecule is Nc1ncncc1CO[C@H]1CC[C@H](C(O)CC2c3ccccc3-c3cncn32)CC1. The summed E-state index contributed by atoms with van der Waals surface area (Å²) < 4.78 is 8.24. The van der Waals surface area contributed by atoms with Gasteiger partial charge >= 0.3 is 0 Å². The van der Waals surface area contributed by atoms with Crippen LogP contribution in [-0.2, 0) is 11.3 Å². The number of fused-ring (bicyclic) bond motifs is 3. The Morgan fingerprint density at radius 2 is 1.97 bits per heavy atom. The van der Waals surface area contributed by atoms with Gasteiger partial charge < -0.3 is 20.1 Å². The van der Waals surface area contributed by atoms with Crippen molar-refractivity contribution in [3.05, 3.63) is 60.4 Å². The summed E-state index contributed by atoms with van der Waals surface area (Å²) in [6, 6.07) is 8.60. The number of aromatic nitrogens is 4. The Labute approximate surface area is 176 Å². The van der Waals surface area contributed by atoms with Gasteiger partial charge in [-0.1, -0.05) is 24.3 Å². The van der Waals surface area contributed by atoms with E-state index >= 15 is 0 Å². The number of hydrogen-bond donors (Lipinski definition) is 2. The van der Waals surface area contributed by atoms with Gasteiger partial charge in [-0.05, 0) is 43.6 Å². The predicted molar refractivity (Wildman–Crippen MR) is 113 cm³/mol. The van der Waals surface area contributed by atoms with E-state index in [0.29, 0.717) is 24.8 Å². The average Bonchev–Trinajstić information content (AvgIpc) is 3.36. The van der Waals surface area contributed by atoms with Gasteiger partial charge in [-0.25, -0.2) is 15.0 Å². The van der Waals surface area contributed by atoms with Crippen LogP contribution in [0.1, 0.15) is 49.3 Å². The van der Waals surface area contributed by atoms with Crippen molar-refractivity contribution in [1.82, 2.24) is 19.5 Å². The Bertz CT molecular complexity index is 1010. The fraction of sp³-hybridized carbons (Fsp3) is 0.435. The molecule has 30 heavy (non-hydrogen) atoms. The maximum absolute atomic E-state index is 11.0. The van der Waals surface area contributed by atoms with Gasteiger partial charge in [0.1, 0.15) is 12.1 Å². The molecule has 3 aromatic rings. The maximum atomic E-state index is 11.0. The molecule has 1 aromatic carbocycles. The summed E-state index contributed by atoms with van der Waals surface area (Å²) in [6.07, 6.45) is 11.4. The van der Waals surface area contributed by atoms with Crippen LogP contribution in [0.25, 0.3) is 11.3 Å². The number of ether oxygens (including phenoxy) is 1. The highest BCUT2D eigenvalue weighted by molar-refractivity contribution is 5.68. The van der Waals surface area contributed by atoms with E-state index in [1.807, 2.05) is 12.5 Å². The molecular formula is C23H27N5O2. The second-order valence-electron chi connectivity index (χ2n) is 8.37. The first-order chi connectivity index (χ1) is 14.7. The molecule has 0 radical (unpaired) electrons. The number of aliphatic hydroxyl groups is 1. The Hall–Kier alpha value is -2.77. The lowest BCUT2D eigenvalue weighted by molar-refractivity contribution is -0.0159. The van der Waals surface area contributed by atoms with E-state index in [-0.39, 0.29) is 18.2 Å². The van der Waals surface area contributed by atoms with Crippen molar-refractivity contribution < 1.29 is 9.84 Å². The molecule has 1 aliphatic carbocycles. The van der Waals surface area contributed by atoms with E-state index in [9.17, 15) is 5.11 Å². The van der Waals surface area contributed by atoms with E-state index in [2.05, 4.69) is 43.8 Å². The molecule has 1 aliphatic heterocycles. The summed E-state index contributed by atoms with van der Waals surface area (Å²) in [5.41, 5.74) is 10.4. The van der Waals surface area contributed by atoms with Crippen LogP contribution in [0.5, 0.6) is 0 Å². The van der Waals surface area contributed by atoms with Crippen LogP contribution in [0.15, 0.2) is 49.3 Å². The molecule has 0 saturated heterocycles. The Morgan fingerprint density at radius 1 is 1.13 bits per heavy atom. The first kappa shape index (κ1) is 19.2. The summed E-state index contributed by atoms with van der Waals surface area (Å²) in [5, 5.41) is 11.0. The maximum Gasteiger partial charge on any atom is 0.132 e. The third-order valence-corrected chi connectivity index (χ3v) is 6.62. The highest BCUT2D eigenvalue weighted by Gasteiger charge is 2.33. The van der Waals surface area contributed by atoms with Crippen LogP contribution in [0.4, 0.5) is 5.82 Å². The minimum Gasteiger partial charge on any atom is -0.393 e. The standard InChI is InChI=1S/C23H27N5O2/c24-23-16(10-25-13-27-23)12-30-17-7-5-15(6-8-17)22(29)9-20-18-3-1-2-4-19(18)21-11-26-14-28(20)21/h1-4,10-11,13-15,17,20,22,29H,5-9,12H2,(H2,24,25,27)/t15-,17-,20?,22?. The first-order valence-electron chi connectivity index (χ1n) is 10.7. The number of nitrogens with zero attached hydrogens (tertiary/aromatic N) is 4. The second kappa shape index (κ2) is 8.16. The van der Waals surface area contributed by atoms with Crippen LogP contribution in [0.2, 0.25) is 0 Å². The Kier molecular flexibility index (Phi) is 5.23. The molecule has 3 heterocycles. The van der Waals surface area contributed by atoms with Gasteiger partial charge in [0.05, 0.1) is 43.1 Å². The molecule has 0 amide bonds. The van der Waals surface area contributed by atoms with Gasteiger partial charge in [-0.15, -0.1) is 0 Å². The average molecular weight is 406 g/mol. The zero-order valence-corrected chi connectivity index (χ0v) is 16.9. The van der Waals surface area contributed by atoms with Crippen LogP contribution in [-0.4, -0.2) is 36.8 Å². The highest BCUT2D eigenvalue weighted by Crippen LogP contribution is 2.42. The number of nitrogens with two attached hydrogens (primary N) is 1. The Morgan fingerprint density at radius 3 is 2.80 bits per heavy atom. The molecule has 156 valence electrons. The third-order valence-electron chi connectivity index (χ3n) is 6.62. The van der Waals surface area contributed by atoms with Crippen LogP contribution < -0.4 is 5.73 Å². The van der Waals surface area contributed by atoms with Gasteiger partial charge in [0, 0.05) is 17.3 Å². The van der Waals surface area contributed by atoms with Crippen molar-refractivity contribution in [2.24, 2.45) is 5.92 Å². The predicted octanol–water partition coefficient (Wildman–Crippen LogP) is 3.35. The fourth-order valence-electron chi connectivity index (χ4n) is 4.92. The molecule has 7 heteroatoms. The molecule has 2 unspecified atom stereocenters. The van der Waals surface area contributed by atoms with Gasteiger partial charge in [0.15, 0.2) is 0 Å². The smallest absolute Gasteiger partial charge is 0.132 e. The lowest BCUT2D eigenvalue weighted by atomic mass is 9.81. The summed E-state index contributed by atoms with van der Waals surface area (Å²) in [4.78, 5) is 12.3. The molecule has 3 N–H and O–H groups in total. The summed E-state index contributed by atoms with van der Waals surface area (Å²) >= 11 is 0. The van der Waals surface area contributed by atoms with Crippen molar-refractivity contribution >= 4 is 5.82 Å². The zero-order chi connectivity index (χ0) is 20.5. The van der Waals surface area contributed by atoms with Gasteiger partial charge in [-0.2, -0.15) is 0 Å². The monoisotopic (exact) mass is 405 g/mol. The molecule has 2 aliphatic rings. The lowest BCUT2D eigenvalue weighted by Gasteiger charge is -2.32. The van der Waals surface area contributed by atoms with Crippen molar-refractivity contribution in [3.63, 3.8) is 0 Å². The molecule has 0 bridgehead atoms. The molecule has 1 saturated carbocycles. The molecular weight excluding hydrogens is 378 g/mol. The van der Waals surface area contributed by atoms with Crippen LogP contribution in [0.3, 0.4) is 0 Å². The zero-order valence-electron chi connectivity index (χ0n) is 16.9. The quantitative estimate of drug-likeness (QED) is 0.652. The molecule has 2 aromatic heterocycles. The van der Waals surface area contributed by atoms with E-state index in [4.69, 9.17) is 10.5 Å². The van der Waals surface area contributed by atoms with Gasteiger partial charge in [0.2, 0.25) is 0 Å². The summed E-state index contributed by atoms with van der Waals surface area (Å²) in [6.45, 7) is 0.437. The number of benzene rings is 1. The molecule has 1 fully saturated rings. The number of imidazole rings is 1. The minimum absolute atomic E-state index is 0.156. The summed E-state index contributed by atoms with van der Waals surface area (Å²) in [5.74, 6) is 0.777. The molecule has 7 nitrogen and oxygen atoms in total. The third kappa shape index (κ3) is 3.59. The highest BCUT2D eigenvalue weighted by atomic mass is 16.5. The number of aliphatic hydroxyl groups excluding tert-OH is 1. The van der Waals surface area contributed by atoms with Gasteiger partial charge in [0.25, 0.3) is 0 Å². The summed E-state index contributed by atoms with van der Waals surface area (Å²) in [7, 11) is 0. The Balaban J connectivity index is 1.17. The van der Waals surface area contributed by atoms with Crippen molar-refractivity contribution in [3.8, 4) is 11.3 Å². The number of anilines is 1. The number of hydrogen-bond acceptors (Lipinski definition) is 6. The largest absolute Gasteiger partial charge is 0.393 e. The van der Waals surface area contributed by atoms with E-state index in [0.717, 1.165) is 36.9 Å². The van der Waals surface area contributed by atoms with Gasteiger partial charge in [-0.3, -0.25) is 0 Å².